The summed E-state index contributed by atoms with van der Waals surface area (Å²) >= 11 is 0. The van der Waals surface area contributed by atoms with E-state index in [9.17, 15) is 14.4 Å². The second kappa shape index (κ2) is 8.78. The second-order valence-corrected chi connectivity index (χ2v) is 4.86. The number of nitrogens with two attached hydrogens (primary N) is 1. The number of nitrogens with one attached hydrogen (secondary N) is 3. The van der Waals surface area contributed by atoms with E-state index in [4.69, 9.17) is 5.73 Å². The Morgan fingerprint density at radius 1 is 1.05 bits per heavy atom. The molecular weight excluding hydrogens is 284 g/mol. The number of anilines is 1. The third kappa shape index (κ3) is 5.53. The quantitative estimate of drug-likeness (QED) is 0.474. The molecule has 0 saturated carbocycles. The van der Waals surface area contributed by atoms with Gasteiger partial charge >= 0.3 is 11.8 Å². The van der Waals surface area contributed by atoms with E-state index in [-0.39, 0.29) is 0 Å². The Morgan fingerprint density at radius 2 is 1.64 bits per heavy atom. The van der Waals surface area contributed by atoms with Gasteiger partial charge in [-0.1, -0.05) is 0 Å². The molecule has 1 rings (SSSR count). The van der Waals surface area contributed by atoms with Crippen molar-refractivity contribution in [3.63, 3.8) is 0 Å². The minimum Gasteiger partial charge on any atom is -0.366 e. The van der Waals surface area contributed by atoms with Gasteiger partial charge in [-0.3, -0.25) is 14.4 Å². The molecule has 7 heteroatoms. The van der Waals surface area contributed by atoms with Crippen molar-refractivity contribution in [2.45, 2.75) is 13.8 Å². The maximum atomic E-state index is 11.7. The molecule has 0 atom stereocenters. The molecule has 0 aliphatic rings. The smallest absolute Gasteiger partial charge is 0.313 e. The van der Waals surface area contributed by atoms with Crippen LogP contribution in [0.5, 0.6) is 0 Å². The molecule has 0 unspecified atom stereocenters. The van der Waals surface area contributed by atoms with Gasteiger partial charge < -0.3 is 21.3 Å². The summed E-state index contributed by atoms with van der Waals surface area (Å²) in [5.41, 5.74) is 5.89. The molecule has 0 fully saturated rings. The molecule has 0 saturated heterocycles. The number of primary amides is 1. The van der Waals surface area contributed by atoms with Gasteiger partial charge in [-0.2, -0.15) is 0 Å². The molecule has 0 aliphatic heterocycles. The number of benzene rings is 1. The predicted octanol–water partition coefficient (Wildman–Crippen LogP) is -1.24. The minimum absolute atomic E-state index is 0.338. The van der Waals surface area contributed by atoms with Crippen LogP contribution < -0.4 is 21.3 Å². The molecular formula is C15H23N4O3+. The van der Waals surface area contributed by atoms with Crippen LogP contribution in [0.1, 0.15) is 24.2 Å². The van der Waals surface area contributed by atoms with Crippen LogP contribution in [0.2, 0.25) is 0 Å². The highest BCUT2D eigenvalue weighted by molar-refractivity contribution is 6.39. The number of carbonyl (C=O) groups excluding carboxylic acids is 3. The first kappa shape index (κ1) is 17.6. The van der Waals surface area contributed by atoms with Gasteiger partial charge in [0.2, 0.25) is 5.91 Å². The van der Waals surface area contributed by atoms with Crippen LogP contribution in [0.4, 0.5) is 5.69 Å². The van der Waals surface area contributed by atoms with E-state index in [0.29, 0.717) is 17.8 Å². The normalized spacial score (nSPS) is 10.3. The van der Waals surface area contributed by atoms with Crippen molar-refractivity contribution >= 4 is 23.4 Å². The van der Waals surface area contributed by atoms with Crippen molar-refractivity contribution in [3.8, 4) is 0 Å². The van der Waals surface area contributed by atoms with Crippen molar-refractivity contribution in [1.82, 2.24) is 5.32 Å². The molecule has 0 spiro atoms. The van der Waals surface area contributed by atoms with Gasteiger partial charge in [-0.05, 0) is 38.1 Å². The van der Waals surface area contributed by atoms with Crippen LogP contribution in [0.15, 0.2) is 24.3 Å². The summed E-state index contributed by atoms with van der Waals surface area (Å²) < 4.78 is 0. The topological polar surface area (TPSA) is 106 Å². The molecule has 5 N–H and O–H groups in total. The maximum Gasteiger partial charge on any atom is 0.313 e. The van der Waals surface area contributed by atoms with Gasteiger partial charge in [0.1, 0.15) is 0 Å². The molecule has 0 bridgehead atoms. The lowest BCUT2D eigenvalue weighted by atomic mass is 10.2. The summed E-state index contributed by atoms with van der Waals surface area (Å²) in [6, 6.07) is 6.01. The average molecular weight is 307 g/mol. The summed E-state index contributed by atoms with van der Waals surface area (Å²) in [7, 11) is 0. The first-order valence-electron chi connectivity index (χ1n) is 7.30. The Morgan fingerprint density at radius 3 is 2.14 bits per heavy atom. The Kier molecular flexibility index (Phi) is 7.04. The molecule has 1 aromatic carbocycles. The Bertz CT molecular complexity index is 524. The zero-order valence-corrected chi connectivity index (χ0v) is 12.9. The summed E-state index contributed by atoms with van der Waals surface area (Å²) in [6.45, 7) is 7.32. The summed E-state index contributed by atoms with van der Waals surface area (Å²) in [4.78, 5) is 35.7. The third-order valence-corrected chi connectivity index (χ3v) is 3.40. The largest absolute Gasteiger partial charge is 0.366 e. The first-order valence-corrected chi connectivity index (χ1v) is 7.30. The van der Waals surface area contributed by atoms with Gasteiger partial charge in [0.05, 0.1) is 26.2 Å². The third-order valence-electron chi connectivity index (χ3n) is 3.40. The number of likely N-dealkylation sites (N-methyl/N-ethyl adjacent to an activating group) is 1. The molecule has 3 amide bonds. The van der Waals surface area contributed by atoms with Gasteiger partial charge in [0.15, 0.2) is 0 Å². The lowest BCUT2D eigenvalue weighted by Gasteiger charge is -2.15. The van der Waals surface area contributed by atoms with Gasteiger partial charge in [0.25, 0.3) is 0 Å². The lowest BCUT2D eigenvalue weighted by Crippen LogP contribution is -3.12. The molecule has 7 nitrogen and oxygen atoms in total. The van der Waals surface area contributed by atoms with Crippen molar-refractivity contribution in [2.75, 3.05) is 31.5 Å². The number of quaternary nitrogens is 1. The summed E-state index contributed by atoms with van der Waals surface area (Å²) in [5.74, 6) is -1.96. The Labute approximate surface area is 129 Å². The number of hydrogen-bond acceptors (Lipinski definition) is 3. The van der Waals surface area contributed by atoms with Crippen LogP contribution in [0.3, 0.4) is 0 Å². The maximum absolute atomic E-state index is 11.7. The highest BCUT2D eigenvalue weighted by Gasteiger charge is 2.14. The van der Waals surface area contributed by atoms with Crippen molar-refractivity contribution in [3.05, 3.63) is 29.8 Å². The van der Waals surface area contributed by atoms with E-state index in [0.717, 1.165) is 19.6 Å². The minimum atomic E-state index is -0.735. The van der Waals surface area contributed by atoms with E-state index < -0.39 is 17.7 Å². The molecule has 0 aliphatic carbocycles. The van der Waals surface area contributed by atoms with E-state index in [2.05, 4.69) is 24.5 Å². The van der Waals surface area contributed by atoms with Gasteiger partial charge in [-0.25, -0.2) is 0 Å². The van der Waals surface area contributed by atoms with E-state index >= 15 is 0 Å². The molecule has 0 radical (unpaired) electrons. The number of rotatable bonds is 7. The number of hydrogen-bond donors (Lipinski definition) is 4. The van der Waals surface area contributed by atoms with Crippen LogP contribution in [0, 0.1) is 0 Å². The van der Waals surface area contributed by atoms with E-state index in [1.54, 1.807) is 0 Å². The zero-order chi connectivity index (χ0) is 16.5. The van der Waals surface area contributed by atoms with E-state index in [1.807, 2.05) is 0 Å². The standard InChI is InChI=1S/C15H22N4O3/c1-3-19(4-2)10-9-17-14(21)15(22)18-12-7-5-11(6-8-12)13(16)20/h5-8H,3-4,9-10H2,1-2H3,(H2,16,20)(H,17,21)(H,18,22)/p+1. The fourth-order valence-electron chi connectivity index (χ4n) is 1.94. The highest BCUT2D eigenvalue weighted by Crippen LogP contribution is 2.08. The molecule has 120 valence electrons. The molecule has 22 heavy (non-hydrogen) atoms. The summed E-state index contributed by atoms with van der Waals surface area (Å²) in [5, 5.41) is 5.05. The average Bonchev–Trinajstić information content (AvgIpc) is 2.51. The summed E-state index contributed by atoms with van der Waals surface area (Å²) in [6.07, 6.45) is 0. The monoisotopic (exact) mass is 307 g/mol. The predicted molar refractivity (Wildman–Crippen MR) is 83.5 cm³/mol. The fraction of sp³-hybridized carbons (Fsp3) is 0.400. The highest BCUT2D eigenvalue weighted by atomic mass is 16.2. The number of amides is 3. The van der Waals surface area contributed by atoms with Crippen LogP contribution >= 0.6 is 0 Å². The van der Waals surface area contributed by atoms with Crippen LogP contribution in [0.25, 0.3) is 0 Å². The molecule has 0 aromatic heterocycles. The molecule has 0 heterocycles. The SMILES string of the molecule is CC[NH+](CC)CCNC(=O)C(=O)Nc1ccc(C(N)=O)cc1. The van der Waals surface area contributed by atoms with Crippen molar-refractivity contribution < 1.29 is 19.3 Å². The lowest BCUT2D eigenvalue weighted by molar-refractivity contribution is -0.895. The van der Waals surface area contributed by atoms with Gasteiger partial charge in [0, 0.05) is 11.3 Å². The number of carbonyl (C=O) groups is 3. The Hall–Kier alpha value is -2.41. The van der Waals surface area contributed by atoms with Crippen molar-refractivity contribution in [1.29, 1.82) is 0 Å². The van der Waals surface area contributed by atoms with Gasteiger partial charge in [-0.15, -0.1) is 0 Å². The second-order valence-electron chi connectivity index (χ2n) is 4.86. The van der Waals surface area contributed by atoms with Crippen LogP contribution in [-0.2, 0) is 9.59 Å². The molecule has 1 aromatic rings. The fourth-order valence-corrected chi connectivity index (χ4v) is 1.94. The zero-order valence-electron chi connectivity index (χ0n) is 12.9. The van der Waals surface area contributed by atoms with Crippen LogP contribution in [-0.4, -0.2) is 43.9 Å². The first-order chi connectivity index (χ1) is 10.5. The van der Waals surface area contributed by atoms with Crippen molar-refractivity contribution in [2.24, 2.45) is 5.73 Å². The Balaban J connectivity index is 2.43. The van der Waals surface area contributed by atoms with E-state index in [1.165, 1.54) is 29.2 Å².